The summed E-state index contributed by atoms with van der Waals surface area (Å²) in [5, 5.41) is 0.549. The Morgan fingerprint density at radius 2 is 1.86 bits per heavy atom. The van der Waals surface area contributed by atoms with Gasteiger partial charge >= 0.3 is 0 Å². The first kappa shape index (κ1) is 14.1. The van der Waals surface area contributed by atoms with E-state index in [2.05, 4.69) is 46.1 Å². The molecular weight excluding hydrogens is 284 g/mol. The molecule has 0 bridgehead atoms. The third kappa shape index (κ3) is 2.44. The molecule has 4 nitrogen and oxygen atoms in total. The van der Waals surface area contributed by atoms with Crippen molar-refractivity contribution in [1.82, 2.24) is 9.97 Å². The zero-order valence-electron chi connectivity index (χ0n) is 12.6. The molecule has 110 valence electrons. The highest BCUT2D eigenvalue weighted by Gasteiger charge is 2.24. The summed E-state index contributed by atoms with van der Waals surface area (Å²) in [6.07, 6.45) is 0.780. The fourth-order valence-corrected chi connectivity index (χ4v) is 2.85. The maximum absolute atomic E-state index is 6.28. The smallest absolute Gasteiger partial charge is 0.141 e. The molecule has 0 fully saturated rings. The number of anilines is 3. The average molecular weight is 303 g/mol. The molecule has 0 radical (unpaired) electrons. The van der Waals surface area contributed by atoms with Gasteiger partial charge in [-0.15, -0.1) is 0 Å². The fraction of sp³-hybridized carbons (Fsp3) is 0.375. The zero-order valence-corrected chi connectivity index (χ0v) is 13.4. The highest BCUT2D eigenvalue weighted by molar-refractivity contribution is 6.30. The highest BCUT2D eigenvalue weighted by atomic mass is 35.5. The fourth-order valence-electron chi connectivity index (χ4n) is 2.67. The SMILES string of the molecule is CCc1nc(Cl)c(C)c(N2CCN(C)c3ccccc32)n1. The van der Waals surface area contributed by atoms with Crippen LogP contribution in [0.4, 0.5) is 17.2 Å². The second kappa shape index (κ2) is 5.53. The lowest BCUT2D eigenvalue weighted by molar-refractivity contribution is 0.800. The van der Waals surface area contributed by atoms with Gasteiger partial charge in [0.25, 0.3) is 0 Å². The quantitative estimate of drug-likeness (QED) is 0.794. The van der Waals surface area contributed by atoms with Crippen molar-refractivity contribution >= 4 is 28.8 Å². The van der Waals surface area contributed by atoms with Crippen molar-refractivity contribution in [3.8, 4) is 0 Å². The summed E-state index contributed by atoms with van der Waals surface area (Å²) in [5.74, 6) is 1.71. The van der Waals surface area contributed by atoms with Crippen molar-refractivity contribution in [2.75, 3.05) is 29.9 Å². The van der Waals surface area contributed by atoms with E-state index in [4.69, 9.17) is 16.6 Å². The number of aryl methyl sites for hydroxylation is 1. The van der Waals surface area contributed by atoms with E-state index in [1.54, 1.807) is 0 Å². The maximum atomic E-state index is 6.28. The van der Waals surface area contributed by atoms with Gasteiger partial charge in [-0.25, -0.2) is 9.97 Å². The van der Waals surface area contributed by atoms with Crippen LogP contribution in [-0.4, -0.2) is 30.1 Å². The lowest BCUT2D eigenvalue weighted by Gasteiger charge is -2.37. The molecule has 0 saturated carbocycles. The van der Waals surface area contributed by atoms with Gasteiger partial charge in [-0.05, 0) is 19.1 Å². The number of fused-ring (bicyclic) bond motifs is 1. The number of hydrogen-bond donors (Lipinski definition) is 0. The van der Waals surface area contributed by atoms with Gasteiger partial charge in [0.15, 0.2) is 0 Å². The molecule has 1 aromatic heterocycles. The Morgan fingerprint density at radius 3 is 2.57 bits per heavy atom. The average Bonchev–Trinajstić information content (AvgIpc) is 2.51. The Morgan fingerprint density at radius 1 is 1.14 bits per heavy atom. The Balaban J connectivity index is 2.14. The van der Waals surface area contributed by atoms with Gasteiger partial charge in [0.1, 0.15) is 16.8 Å². The van der Waals surface area contributed by atoms with Gasteiger partial charge in [0.2, 0.25) is 0 Å². The van der Waals surface area contributed by atoms with E-state index < -0.39 is 0 Å². The largest absolute Gasteiger partial charge is 0.371 e. The van der Waals surface area contributed by atoms with Crippen LogP contribution >= 0.6 is 11.6 Å². The van der Waals surface area contributed by atoms with E-state index in [1.807, 2.05) is 13.8 Å². The first-order valence-corrected chi connectivity index (χ1v) is 7.60. The minimum Gasteiger partial charge on any atom is -0.371 e. The van der Waals surface area contributed by atoms with Crippen molar-refractivity contribution in [1.29, 1.82) is 0 Å². The minimum atomic E-state index is 0.549. The molecule has 0 saturated heterocycles. The predicted octanol–water partition coefficient (Wildman–Crippen LogP) is 3.59. The number of rotatable bonds is 2. The van der Waals surface area contributed by atoms with Crippen LogP contribution < -0.4 is 9.80 Å². The molecule has 1 aliphatic heterocycles. The molecular formula is C16H19ClN4. The normalized spacial score (nSPS) is 14.3. The molecule has 21 heavy (non-hydrogen) atoms. The summed E-state index contributed by atoms with van der Waals surface area (Å²) in [6.45, 7) is 5.88. The molecule has 2 heterocycles. The second-order valence-corrected chi connectivity index (χ2v) is 5.65. The molecule has 0 atom stereocenters. The second-order valence-electron chi connectivity index (χ2n) is 5.29. The highest BCUT2D eigenvalue weighted by Crippen LogP contribution is 2.38. The first-order chi connectivity index (χ1) is 10.1. The molecule has 3 rings (SSSR count). The molecule has 0 amide bonds. The van der Waals surface area contributed by atoms with Gasteiger partial charge in [-0.1, -0.05) is 30.7 Å². The number of likely N-dealkylation sites (N-methyl/N-ethyl adjacent to an activating group) is 1. The van der Waals surface area contributed by atoms with Crippen LogP contribution in [0.1, 0.15) is 18.3 Å². The van der Waals surface area contributed by atoms with Gasteiger partial charge < -0.3 is 9.80 Å². The van der Waals surface area contributed by atoms with Crippen LogP contribution in [-0.2, 0) is 6.42 Å². The summed E-state index contributed by atoms with van der Waals surface area (Å²) < 4.78 is 0. The van der Waals surface area contributed by atoms with Crippen LogP contribution in [0.5, 0.6) is 0 Å². The van der Waals surface area contributed by atoms with E-state index in [-0.39, 0.29) is 0 Å². The number of nitrogens with zero attached hydrogens (tertiary/aromatic N) is 4. The number of hydrogen-bond acceptors (Lipinski definition) is 4. The summed E-state index contributed by atoms with van der Waals surface area (Å²) in [7, 11) is 2.12. The number of aromatic nitrogens is 2. The predicted molar refractivity (Wildman–Crippen MR) is 87.9 cm³/mol. The van der Waals surface area contributed by atoms with Gasteiger partial charge in [0.05, 0.1) is 11.4 Å². The standard InChI is InChI=1S/C16H19ClN4/c1-4-14-18-15(17)11(2)16(19-14)21-10-9-20(3)12-7-5-6-8-13(12)21/h5-8H,4,9-10H2,1-3H3. The lowest BCUT2D eigenvalue weighted by Crippen LogP contribution is -2.37. The van der Waals surface area contributed by atoms with Crippen LogP contribution in [0.3, 0.4) is 0 Å². The lowest BCUT2D eigenvalue weighted by atomic mass is 10.1. The molecule has 0 unspecified atom stereocenters. The van der Waals surface area contributed by atoms with Crippen LogP contribution in [0, 0.1) is 6.92 Å². The van der Waals surface area contributed by atoms with E-state index in [0.29, 0.717) is 5.15 Å². The Kier molecular flexibility index (Phi) is 3.72. The van der Waals surface area contributed by atoms with Crippen molar-refractivity contribution in [3.05, 3.63) is 40.8 Å². The van der Waals surface area contributed by atoms with Crippen molar-refractivity contribution in [3.63, 3.8) is 0 Å². The topological polar surface area (TPSA) is 32.3 Å². The third-order valence-corrected chi connectivity index (χ3v) is 4.29. The monoisotopic (exact) mass is 302 g/mol. The van der Waals surface area contributed by atoms with Crippen molar-refractivity contribution in [2.45, 2.75) is 20.3 Å². The molecule has 2 aromatic rings. The minimum absolute atomic E-state index is 0.549. The Hall–Kier alpha value is -1.81. The molecule has 1 aromatic carbocycles. The zero-order chi connectivity index (χ0) is 15.0. The first-order valence-electron chi connectivity index (χ1n) is 7.22. The summed E-state index contributed by atoms with van der Waals surface area (Å²) in [4.78, 5) is 13.6. The van der Waals surface area contributed by atoms with Crippen LogP contribution in [0.2, 0.25) is 5.15 Å². The maximum Gasteiger partial charge on any atom is 0.141 e. The van der Waals surface area contributed by atoms with E-state index in [1.165, 1.54) is 11.4 Å². The Bertz CT molecular complexity index is 671. The van der Waals surface area contributed by atoms with Crippen LogP contribution in [0.25, 0.3) is 0 Å². The van der Waals surface area contributed by atoms with Gasteiger partial charge in [-0.3, -0.25) is 0 Å². The third-order valence-electron chi connectivity index (χ3n) is 3.92. The summed E-state index contributed by atoms with van der Waals surface area (Å²) >= 11 is 6.28. The molecule has 1 aliphatic rings. The molecule has 0 N–H and O–H groups in total. The van der Waals surface area contributed by atoms with Crippen LogP contribution in [0.15, 0.2) is 24.3 Å². The summed E-state index contributed by atoms with van der Waals surface area (Å²) in [6, 6.07) is 8.40. The molecule has 0 aliphatic carbocycles. The van der Waals surface area contributed by atoms with E-state index in [9.17, 15) is 0 Å². The summed E-state index contributed by atoms with van der Waals surface area (Å²) in [5.41, 5.74) is 3.33. The van der Waals surface area contributed by atoms with E-state index >= 15 is 0 Å². The number of halogens is 1. The van der Waals surface area contributed by atoms with Gasteiger partial charge in [-0.2, -0.15) is 0 Å². The van der Waals surface area contributed by atoms with Crippen molar-refractivity contribution in [2.24, 2.45) is 0 Å². The number of para-hydroxylation sites is 2. The molecule has 5 heteroatoms. The number of benzene rings is 1. The van der Waals surface area contributed by atoms with Crippen molar-refractivity contribution < 1.29 is 0 Å². The Labute approximate surface area is 130 Å². The van der Waals surface area contributed by atoms with Gasteiger partial charge in [0, 0.05) is 32.1 Å². The van der Waals surface area contributed by atoms with E-state index in [0.717, 1.165) is 36.7 Å². The molecule has 0 spiro atoms.